The van der Waals surface area contributed by atoms with Gasteiger partial charge in [0.25, 0.3) is 5.91 Å². The first kappa shape index (κ1) is 28.7. The Labute approximate surface area is 216 Å². The molecule has 2 atom stereocenters. The van der Waals surface area contributed by atoms with Crippen LogP contribution in [0.1, 0.15) is 54.2 Å². The molecule has 1 heterocycles. The molecule has 9 nitrogen and oxygen atoms in total. The second kappa shape index (κ2) is 12.6. The molecule has 204 valence electrons. The van der Waals surface area contributed by atoms with Crippen LogP contribution in [-0.2, 0) is 11.3 Å². The number of amides is 1. The molecule has 0 unspecified atom stereocenters. The molecule has 3 aromatic rings. The number of carbonyl (C=O) groups is 2. The molecule has 1 aromatic heterocycles. The summed E-state index contributed by atoms with van der Waals surface area (Å²) in [6, 6.07) is 8.16. The van der Waals surface area contributed by atoms with E-state index in [0.717, 1.165) is 6.07 Å². The Bertz CT molecular complexity index is 1280. The summed E-state index contributed by atoms with van der Waals surface area (Å²) < 4.78 is 47.9. The lowest BCUT2D eigenvalue weighted by Gasteiger charge is -2.17. The molecule has 0 radical (unpaired) electrons. The summed E-state index contributed by atoms with van der Waals surface area (Å²) in [5.41, 5.74) is 0.669. The van der Waals surface area contributed by atoms with Gasteiger partial charge >= 0.3 is 5.97 Å². The zero-order chi connectivity index (χ0) is 28.0. The number of aliphatic carboxylic acids is 1. The van der Waals surface area contributed by atoms with Crippen LogP contribution < -0.4 is 10.1 Å². The first-order valence-electron chi connectivity index (χ1n) is 11.8. The third-order valence-electron chi connectivity index (χ3n) is 5.56. The number of hydrogen-bond acceptors (Lipinski definition) is 6. The van der Waals surface area contributed by atoms with Gasteiger partial charge in [-0.2, -0.15) is 5.10 Å². The van der Waals surface area contributed by atoms with Crippen molar-refractivity contribution in [1.82, 2.24) is 15.1 Å². The summed E-state index contributed by atoms with van der Waals surface area (Å²) in [6.45, 7) is 2.91. The number of halogens is 3. The van der Waals surface area contributed by atoms with Gasteiger partial charge in [-0.3, -0.25) is 9.59 Å². The molecule has 0 spiro atoms. The molecule has 0 aliphatic rings. The number of rotatable bonds is 12. The SMILES string of the molecule is CC(C)c1c(C(=O)NCc2ccc(F)cc2F)nn(-c2ccc(F)cc2)c1OC[C@@H](O)C[C@@H](O)CC(=O)O. The van der Waals surface area contributed by atoms with E-state index in [1.807, 2.05) is 0 Å². The topological polar surface area (TPSA) is 134 Å². The second-order valence-corrected chi connectivity index (χ2v) is 8.98. The number of aromatic nitrogens is 2. The summed E-state index contributed by atoms with van der Waals surface area (Å²) in [5, 5.41) is 35.8. The smallest absolute Gasteiger partial charge is 0.305 e. The molecule has 4 N–H and O–H groups in total. The van der Waals surface area contributed by atoms with Crippen LogP contribution in [0.2, 0.25) is 0 Å². The van der Waals surface area contributed by atoms with E-state index in [-0.39, 0.29) is 42.6 Å². The van der Waals surface area contributed by atoms with E-state index in [4.69, 9.17) is 9.84 Å². The summed E-state index contributed by atoms with van der Waals surface area (Å²) in [7, 11) is 0. The molecule has 0 fully saturated rings. The van der Waals surface area contributed by atoms with Gasteiger partial charge in [-0.05, 0) is 36.2 Å². The number of benzene rings is 2. The molecule has 0 aliphatic heterocycles. The minimum Gasteiger partial charge on any atom is -0.481 e. The van der Waals surface area contributed by atoms with Gasteiger partial charge in [0.2, 0.25) is 5.88 Å². The minimum absolute atomic E-state index is 0.0586. The van der Waals surface area contributed by atoms with Crippen LogP contribution in [0.15, 0.2) is 42.5 Å². The highest BCUT2D eigenvalue weighted by Crippen LogP contribution is 2.33. The molecule has 3 rings (SSSR count). The maximum Gasteiger partial charge on any atom is 0.305 e. The zero-order valence-electron chi connectivity index (χ0n) is 20.7. The van der Waals surface area contributed by atoms with E-state index < -0.39 is 48.0 Å². The van der Waals surface area contributed by atoms with Crippen molar-refractivity contribution in [2.24, 2.45) is 0 Å². The first-order chi connectivity index (χ1) is 18.0. The molecular formula is C26H28F3N3O6. The Hall–Kier alpha value is -3.90. The van der Waals surface area contributed by atoms with E-state index in [1.54, 1.807) is 13.8 Å². The molecule has 38 heavy (non-hydrogen) atoms. The normalized spacial score (nSPS) is 12.8. The monoisotopic (exact) mass is 535 g/mol. The molecule has 0 bridgehead atoms. The quantitative estimate of drug-likeness (QED) is 0.280. The Balaban J connectivity index is 1.91. The van der Waals surface area contributed by atoms with Crippen LogP contribution in [0, 0.1) is 17.5 Å². The average molecular weight is 536 g/mol. The minimum atomic E-state index is -1.30. The summed E-state index contributed by atoms with van der Waals surface area (Å²) >= 11 is 0. The van der Waals surface area contributed by atoms with Crippen molar-refractivity contribution in [1.29, 1.82) is 0 Å². The van der Waals surface area contributed by atoms with Crippen LogP contribution in [0.5, 0.6) is 5.88 Å². The lowest BCUT2D eigenvalue weighted by molar-refractivity contribution is -0.139. The second-order valence-electron chi connectivity index (χ2n) is 8.98. The van der Waals surface area contributed by atoms with E-state index in [1.165, 1.54) is 35.0 Å². The van der Waals surface area contributed by atoms with Gasteiger partial charge in [-0.1, -0.05) is 19.9 Å². The summed E-state index contributed by atoms with van der Waals surface area (Å²) in [6.07, 6.45) is -3.38. The van der Waals surface area contributed by atoms with Gasteiger partial charge < -0.3 is 25.4 Å². The fraction of sp³-hybridized carbons (Fsp3) is 0.346. The summed E-state index contributed by atoms with van der Waals surface area (Å²) in [5.74, 6) is -4.26. The Morgan fingerprint density at radius 1 is 1.03 bits per heavy atom. The zero-order valence-corrected chi connectivity index (χ0v) is 20.7. The van der Waals surface area contributed by atoms with E-state index in [2.05, 4.69) is 10.4 Å². The predicted octanol–water partition coefficient (Wildman–Crippen LogP) is 3.31. The van der Waals surface area contributed by atoms with Gasteiger partial charge in [0.15, 0.2) is 5.69 Å². The number of carboxylic acid groups (broad SMARTS) is 1. The van der Waals surface area contributed by atoms with Crippen molar-refractivity contribution in [2.75, 3.05) is 6.61 Å². The van der Waals surface area contributed by atoms with E-state index in [9.17, 15) is 33.0 Å². The molecule has 1 amide bonds. The lowest BCUT2D eigenvalue weighted by atomic mass is 10.0. The molecular weight excluding hydrogens is 507 g/mol. The van der Waals surface area contributed by atoms with Crippen LogP contribution in [0.4, 0.5) is 13.2 Å². The molecule has 12 heteroatoms. The molecule has 0 aliphatic carbocycles. The Kier molecular flexibility index (Phi) is 9.48. The fourth-order valence-electron chi connectivity index (χ4n) is 3.77. The highest BCUT2D eigenvalue weighted by atomic mass is 19.1. The van der Waals surface area contributed by atoms with Crippen molar-refractivity contribution in [3.8, 4) is 11.6 Å². The fourth-order valence-corrected chi connectivity index (χ4v) is 3.77. The first-order valence-corrected chi connectivity index (χ1v) is 11.8. The maximum atomic E-state index is 14.0. The molecule has 0 saturated heterocycles. The van der Waals surface area contributed by atoms with Crippen molar-refractivity contribution < 1.29 is 42.8 Å². The average Bonchev–Trinajstić information content (AvgIpc) is 3.22. The van der Waals surface area contributed by atoms with Gasteiger partial charge in [0, 0.05) is 30.2 Å². The third kappa shape index (κ3) is 7.33. The number of carboxylic acids is 1. The van der Waals surface area contributed by atoms with E-state index >= 15 is 0 Å². The van der Waals surface area contributed by atoms with Gasteiger partial charge in [0.1, 0.15) is 24.1 Å². The number of hydrogen-bond donors (Lipinski definition) is 4. The van der Waals surface area contributed by atoms with E-state index in [0.29, 0.717) is 17.3 Å². The maximum absolute atomic E-state index is 14.0. The largest absolute Gasteiger partial charge is 0.481 e. The van der Waals surface area contributed by atoms with Crippen molar-refractivity contribution in [3.05, 3.63) is 76.7 Å². The van der Waals surface area contributed by atoms with Crippen molar-refractivity contribution in [2.45, 2.75) is 51.4 Å². The van der Waals surface area contributed by atoms with Crippen molar-refractivity contribution >= 4 is 11.9 Å². The number of aliphatic hydroxyl groups is 2. The molecule has 0 saturated carbocycles. The van der Waals surface area contributed by atoms with Crippen LogP contribution in [-0.4, -0.2) is 55.8 Å². The number of carbonyl (C=O) groups excluding carboxylic acids is 1. The number of aliphatic hydroxyl groups excluding tert-OH is 2. The standard InChI is InChI=1S/C26H28F3N3O6/c1-14(2)23-24(25(37)30-12-15-3-4-17(28)9-21(15)29)31-32(18-7-5-16(27)6-8-18)26(23)38-13-20(34)10-19(33)11-22(35)36/h3-9,14,19-20,33-34H,10-13H2,1-2H3,(H,30,37)(H,35,36)/t19-,20+/m1/s1. The Morgan fingerprint density at radius 3 is 2.29 bits per heavy atom. The van der Waals surface area contributed by atoms with Crippen molar-refractivity contribution in [3.63, 3.8) is 0 Å². The third-order valence-corrected chi connectivity index (χ3v) is 5.56. The van der Waals surface area contributed by atoms with Gasteiger partial charge in [-0.25, -0.2) is 17.9 Å². The highest BCUT2D eigenvalue weighted by molar-refractivity contribution is 5.94. The molecule has 2 aromatic carbocycles. The highest BCUT2D eigenvalue weighted by Gasteiger charge is 2.28. The lowest BCUT2D eigenvalue weighted by Crippen LogP contribution is -2.26. The van der Waals surface area contributed by atoms with Gasteiger partial charge in [0.05, 0.1) is 24.3 Å². The number of ether oxygens (including phenoxy) is 1. The number of nitrogens with zero attached hydrogens (tertiary/aromatic N) is 2. The number of nitrogens with one attached hydrogen (secondary N) is 1. The van der Waals surface area contributed by atoms with Crippen LogP contribution in [0.3, 0.4) is 0 Å². The van der Waals surface area contributed by atoms with Crippen LogP contribution in [0.25, 0.3) is 5.69 Å². The summed E-state index contributed by atoms with van der Waals surface area (Å²) in [4.78, 5) is 23.9. The Morgan fingerprint density at radius 2 is 1.68 bits per heavy atom. The van der Waals surface area contributed by atoms with Gasteiger partial charge in [-0.15, -0.1) is 0 Å². The van der Waals surface area contributed by atoms with Crippen LogP contribution >= 0.6 is 0 Å². The predicted molar refractivity (Wildman–Crippen MR) is 130 cm³/mol.